The maximum Gasteiger partial charge on any atom is 0.276 e. The second-order valence-electron chi connectivity index (χ2n) is 5.98. The van der Waals surface area contributed by atoms with Crippen LogP contribution < -0.4 is 4.74 Å². The molecule has 1 unspecified atom stereocenters. The van der Waals surface area contributed by atoms with Gasteiger partial charge in [-0.15, -0.1) is 5.10 Å². The minimum Gasteiger partial charge on any atom is -0.471 e. The molecule has 7 heteroatoms. The zero-order valence-electron chi connectivity index (χ0n) is 12.8. The van der Waals surface area contributed by atoms with E-state index in [1.54, 1.807) is 23.2 Å². The summed E-state index contributed by atoms with van der Waals surface area (Å²) in [6.45, 7) is 1.20. The van der Waals surface area contributed by atoms with Crippen LogP contribution in [0.15, 0.2) is 22.9 Å². The normalized spacial score (nSPS) is 20.3. The molecule has 120 valence electrons. The second kappa shape index (κ2) is 5.98. The smallest absolute Gasteiger partial charge is 0.276 e. The summed E-state index contributed by atoms with van der Waals surface area (Å²) in [5.41, 5.74) is 1.49. The molecule has 4 rings (SSSR count). The van der Waals surface area contributed by atoms with Crippen LogP contribution in [0.1, 0.15) is 41.1 Å². The number of aryl methyl sites for hydroxylation is 1. The minimum atomic E-state index is -0.0571. The van der Waals surface area contributed by atoms with Gasteiger partial charge in [-0.1, -0.05) is 5.16 Å². The van der Waals surface area contributed by atoms with Gasteiger partial charge in [0.2, 0.25) is 5.88 Å². The third-order valence-corrected chi connectivity index (χ3v) is 4.42. The van der Waals surface area contributed by atoms with E-state index in [0.717, 1.165) is 43.4 Å². The maximum atomic E-state index is 12.7. The summed E-state index contributed by atoms with van der Waals surface area (Å²) < 4.78 is 11.1. The number of carbonyl (C=O) groups is 1. The van der Waals surface area contributed by atoms with Gasteiger partial charge in [0.15, 0.2) is 5.69 Å². The van der Waals surface area contributed by atoms with Crippen molar-refractivity contribution >= 4 is 5.91 Å². The van der Waals surface area contributed by atoms with Gasteiger partial charge in [-0.3, -0.25) is 4.79 Å². The van der Waals surface area contributed by atoms with E-state index in [2.05, 4.69) is 15.4 Å². The number of hydrogen-bond acceptors (Lipinski definition) is 6. The second-order valence-corrected chi connectivity index (χ2v) is 5.98. The van der Waals surface area contributed by atoms with Gasteiger partial charge < -0.3 is 14.2 Å². The number of rotatable bonds is 3. The Morgan fingerprint density at radius 2 is 2.26 bits per heavy atom. The fraction of sp³-hybridized carbons (Fsp3) is 0.500. The van der Waals surface area contributed by atoms with Crippen molar-refractivity contribution in [1.29, 1.82) is 0 Å². The molecule has 2 aromatic heterocycles. The lowest BCUT2D eigenvalue weighted by molar-refractivity contribution is 0.0759. The molecule has 0 bridgehead atoms. The van der Waals surface area contributed by atoms with Crippen LogP contribution in [0.25, 0.3) is 0 Å². The van der Waals surface area contributed by atoms with Crippen LogP contribution in [0, 0.1) is 0 Å². The SMILES string of the molecule is O=C(c1noc2c1CCCC2)N1CCC(Oc2cccnn2)C1. The van der Waals surface area contributed by atoms with Gasteiger partial charge in [-0.2, -0.15) is 5.10 Å². The van der Waals surface area contributed by atoms with E-state index in [1.807, 2.05) is 0 Å². The van der Waals surface area contributed by atoms with Crippen LogP contribution in [0.5, 0.6) is 5.88 Å². The monoisotopic (exact) mass is 314 g/mol. The highest BCUT2D eigenvalue weighted by atomic mass is 16.5. The van der Waals surface area contributed by atoms with Crippen LogP contribution in [0.3, 0.4) is 0 Å². The van der Waals surface area contributed by atoms with Crippen molar-refractivity contribution in [2.24, 2.45) is 0 Å². The third-order valence-electron chi connectivity index (χ3n) is 4.42. The van der Waals surface area contributed by atoms with Gasteiger partial charge in [0.05, 0.1) is 6.54 Å². The predicted octanol–water partition coefficient (Wildman–Crippen LogP) is 1.64. The Bertz CT molecular complexity index is 701. The fourth-order valence-electron chi connectivity index (χ4n) is 3.23. The standard InChI is InChI=1S/C16H18N4O3/c21-16(15-12-4-1-2-5-13(12)23-19-15)20-9-7-11(10-20)22-14-6-3-8-17-18-14/h3,6,8,11H,1-2,4-5,7,9-10H2. The Kier molecular flexibility index (Phi) is 3.69. The lowest BCUT2D eigenvalue weighted by Crippen LogP contribution is -2.32. The Balaban J connectivity index is 1.43. The Morgan fingerprint density at radius 1 is 1.35 bits per heavy atom. The zero-order valence-corrected chi connectivity index (χ0v) is 12.8. The quantitative estimate of drug-likeness (QED) is 0.856. The molecule has 0 N–H and O–H groups in total. The molecule has 2 aliphatic rings. The minimum absolute atomic E-state index is 0.0536. The molecule has 1 amide bonds. The van der Waals surface area contributed by atoms with E-state index in [4.69, 9.17) is 9.26 Å². The van der Waals surface area contributed by atoms with E-state index in [0.29, 0.717) is 24.7 Å². The highest BCUT2D eigenvalue weighted by molar-refractivity contribution is 5.94. The highest BCUT2D eigenvalue weighted by Crippen LogP contribution is 2.26. The summed E-state index contributed by atoms with van der Waals surface area (Å²) in [4.78, 5) is 14.5. The van der Waals surface area contributed by atoms with E-state index < -0.39 is 0 Å². The number of aromatic nitrogens is 3. The number of ether oxygens (including phenoxy) is 1. The Morgan fingerprint density at radius 3 is 3.13 bits per heavy atom. The molecule has 1 aliphatic carbocycles. The van der Waals surface area contributed by atoms with Gasteiger partial charge in [-0.25, -0.2) is 0 Å². The molecule has 0 saturated carbocycles. The molecule has 3 heterocycles. The van der Waals surface area contributed by atoms with Gasteiger partial charge in [0, 0.05) is 37.2 Å². The zero-order chi connectivity index (χ0) is 15.6. The Hall–Kier alpha value is -2.44. The first-order chi connectivity index (χ1) is 11.3. The summed E-state index contributed by atoms with van der Waals surface area (Å²) in [5.74, 6) is 1.32. The summed E-state index contributed by atoms with van der Waals surface area (Å²) >= 11 is 0. The summed E-state index contributed by atoms with van der Waals surface area (Å²) in [7, 11) is 0. The molecular weight excluding hydrogens is 296 g/mol. The average Bonchev–Trinajstić information content (AvgIpc) is 3.22. The molecule has 0 spiro atoms. The van der Waals surface area contributed by atoms with Crippen molar-refractivity contribution < 1.29 is 14.1 Å². The molecule has 1 saturated heterocycles. The number of hydrogen-bond donors (Lipinski definition) is 0. The van der Waals surface area contributed by atoms with Crippen LogP contribution in [0.2, 0.25) is 0 Å². The number of carbonyl (C=O) groups excluding carboxylic acids is 1. The number of fused-ring (bicyclic) bond motifs is 1. The number of nitrogens with zero attached hydrogens (tertiary/aromatic N) is 4. The van der Waals surface area contributed by atoms with Gasteiger partial charge in [-0.05, 0) is 25.3 Å². The molecular formula is C16H18N4O3. The number of amides is 1. The van der Waals surface area contributed by atoms with Crippen LogP contribution >= 0.6 is 0 Å². The molecule has 2 aromatic rings. The molecule has 1 aliphatic heterocycles. The number of likely N-dealkylation sites (tertiary alicyclic amines) is 1. The van der Waals surface area contributed by atoms with Crippen molar-refractivity contribution in [3.63, 3.8) is 0 Å². The van der Waals surface area contributed by atoms with Gasteiger partial charge in [0.1, 0.15) is 11.9 Å². The first-order valence-corrected chi connectivity index (χ1v) is 8.02. The van der Waals surface area contributed by atoms with E-state index in [1.165, 1.54) is 0 Å². The first kappa shape index (κ1) is 14.2. The van der Waals surface area contributed by atoms with Gasteiger partial charge >= 0.3 is 0 Å². The van der Waals surface area contributed by atoms with E-state index in [9.17, 15) is 4.79 Å². The predicted molar refractivity (Wildman–Crippen MR) is 80.1 cm³/mol. The van der Waals surface area contributed by atoms with Crippen molar-refractivity contribution in [1.82, 2.24) is 20.3 Å². The topological polar surface area (TPSA) is 81.4 Å². The third kappa shape index (κ3) is 2.78. The van der Waals surface area contributed by atoms with Crippen molar-refractivity contribution in [3.8, 4) is 5.88 Å². The van der Waals surface area contributed by atoms with E-state index >= 15 is 0 Å². The lowest BCUT2D eigenvalue weighted by Gasteiger charge is -2.16. The highest BCUT2D eigenvalue weighted by Gasteiger charge is 2.33. The molecule has 0 aromatic carbocycles. The maximum absolute atomic E-state index is 12.7. The molecule has 1 fully saturated rings. The Labute approximate surface area is 133 Å². The van der Waals surface area contributed by atoms with Crippen LogP contribution in [-0.4, -0.2) is 45.4 Å². The van der Waals surface area contributed by atoms with Crippen LogP contribution in [0.4, 0.5) is 0 Å². The summed E-state index contributed by atoms with van der Waals surface area (Å²) in [6, 6.07) is 3.55. The van der Waals surface area contributed by atoms with Crippen LogP contribution in [-0.2, 0) is 12.8 Å². The molecule has 23 heavy (non-hydrogen) atoms. The van der Waals surface area contributed by atoms with Gasteiger partial charge in [0.25, 0.3) is 5.91 Å². The average molecular weight is 314 g/mol. The van der Waals surface area contributed by atoms with E-state index in [-0.39, 0.29) is 12.0 Å². The fourth-order valence-corrected chi connectivity index (χ4v) is 3.23. The van der Waals surface area contributed by atoms with Crippen molar-refractivity contribution in [2.75, 3.05) is 13.1 Å². The van der Waals surface area contributed by atoms with Crippen molar-refractivity contribution in [2.45, 2.75) is 38.2 Å². The first-order valence-electron chi connectivity index (χ1n) is 8.02. The summed E-state index contributed by atoms with van der Waals surface area (Å²) in [6.07, 6.45) is 6.29. The molecule has 0 radical (unpaired) electrons. The largest absolute Gasteiger partial charge is 0.471 e. The molecule has 7 nitrogen and oxygen atoms in total. The van der Waals surface area contributed by atoms with Crippen molar-refractivity contribution in [3.05, 3.63) is 35.3 Å². The lowest BCUT2D eigenvalue weighted by atomic mass is 9.96. The summed E-state index contributed by atoms with van der Waals surface area (Å²) in [5, 5.41) is 11.7. The molecule has 1 atom stereocenters.